The summed E-state index contributed by atoms with van der Waals surface area (Å²) in [6.07, 6.45) is 0.208. The number of carboxylic acid groups (broad SMARTS) is 1. The normalized spacial score (nSPS) is 12.0. The van der Waals surface area contributed by atoms with Crippen molar-refractivity contribution >= 4 is 34.5 Å². The Morgan fingerprint density at radius 1 is 1.39 bits per heavy atom. The van der Waals surface area contributed by atoms with Gasteiger partial charge in [-0.1, -0.05) is 12.1 Å². The van der Waals surface area contributed by atoms with Crippen molar-refractivity contribution in [2.24, 2.45) is 0 Å². The van der Waals surface area contributed by atoms with Crippen LogP contribution in [0.25, 0.3) is 10.9 Å². The maximum Gasteiger partial charge on any atom is 0.325 e. The first-order valence-corrected chi connectivity index (χ1v) is 8.20. The van der Waals surface area contributed by atoms with Crippen molar-refractivity contribution in [1.29, 1.82) is 0 Å². The van der Waals surface area contributed by atoms with Crippen LogP contribution < -0.4 is 10.9 Å². The summed E-state index contributed by atoms with van der Waals surface area (Å²) in [6, 6.07) is 6.20. The summed E-state index contributed by atoms with van der Waals surface area (Å²) in [4.78, 5) is 41.2. The highest BCUT2D eigenvalue weighted by atomic mass is 32.2. The summed E-state index contributed by atoms with van der Waals surface area (Å²) < 4.78 is 0. The van der Waals surface area contributed by atoms with Crippen LogP contribution in [0.15, 0.2) is 29.1 Å². The molecule has 2 rings (SSSR count). The molecular formula is C15H17N3O4S. The number of para-hydroxylation sites is 1. The molecule has 0 saturated carbocycles. The molecule has 1 aromatic heterocycles. The number of thioether (sulfide) groups is 1. The van der Waals surface area contributed by atoms with Gasteiger partial charge in [0.25, 0.3) is 5.56 Å². The van der Waals surface area contributed by atoms with E-state index < -0.39 is 12.0 Å². The molecule has 0 fully saturated rings. The Kier molecular flexibility index (Phi) is 5.75. The lowest BCUT2D eigenvalue weighted by Crippen LogP contribution is -2.38. The Morgan fingerprint density at radius 3 is 2.87 bits per heavy atom. The molecule has 122 valence electrons. The van der Waals surface area contributed by atoms with Gasteiger partial charge < -0.3 is 15.4 Å². The van der Waals surface area contributed by atoms with Crippen molar-refractivity contribution in [3.8, 4) is 0 Å². The fourth-order valence-corrected chi connectivity index (χ4v) is 2.72. The van der Waals surface area contributed by atoms with E-state index in [1.165, 1.54) is 18.7 Å². The third kappa shape index (κ3) is 4.82. The molecule has 3 N–H and O–H groups in total. The number of carbonyl (C=O) groups excluding carboxylic acids is 1. The fraction of sp³-hybridized carbons (Fsp3) is 0.333. The molecule has 0 aliphatic heterocycles. The van der Waals surface area contributed by atoms with E-state index in [-0.39, 0.29) is 17.9 Å². The van der Waals surface area contributed by atoms with Crippen molar-refractivity contribution in [2.45, 2.75) is 25.1 Å². The van der Waals surface area contributed by atoms with Crippen LogP contribution in [-0.4, -0.2) is 38.7 Å². The molecule has 1 heterocycles. The van der Waals surface area contributed by atoms with E-state index in [1.807, 2.05) is 6.07 Å². The first kappa shape index (κ1) is 17.0. The second-order valence-electron chi connectivity index (χ2n) is 4.96. The number of aromatic amines is 1. The van der Waals surface area contributed by atoms with Crippen molar-refractivity contribution < 1.29 is 14.7 Å². The van der Waals surface area contributed by atoms with Gasteiger partial charge in [-0.15, -0.1) is 0 Å². The summed E-state index contributed by atoms with van der Waals surface area (Å²) >= 11 is 1.45. The van der Waals surface area contributed by atoms with Crippen LogP contribution in [0.5, 0.6) is 0 Å². The number of amides is 1. The van der Waals surface area contributed by atoms with Gasteiger partial charge in [0.2, 0.25) is 5.91 Å². The number of rotatable bonds is 7. The monoisotopic (exact) mass is 335 g/mol. The molecule has 0 aliphatic carbocycles. The number of hydrogen-bond acceptors (Lipinski definition) is 5. The molecule has 0 radical (unpaired) electrons. The number of aliphatic carboxylic acids is 1. The Morgan fingerprint density at radius 2 is 2.13 bits per heavy atom. The van der Waals surface area contributed by atoms with Crippen LogP contribution in [-0.2, 0) is 15.3 Å². The molecule has 0 aliphatic rings. The Labute approximate surface area is 136 Å². The van der Waals surface area contributed by atoms with Crippen molar-refractivity contribution in [1.82, 2.24) is 15.3 Å². The highest BCUT2D eigenvalue weighted by Gasteiger charge is 2.13. The number of carbonyl (C=O) groups is 2. The van der Waals surface area contributed by atoms with Crippen molar-refractivity contribution in [3.63, 3.8) is 0 Å². The van der Waals surface area contributed by atoms with E-state index in [4.69, 9.17) is 5.11 Å². The van der Waals surface area contributed by atoms with E-state index in [0.29, 0.717) is 28.2 Å². The lowest BCUT2D eigenvalue weighted by atomic mass is 10.2. The Balaban J connectivity index is 1.84. The molecule has 7 nitrogen and oxygen atoms in total. The van der Waals surface area contributed by atoms with Gasteiger partial charge in [0.15, 0.2) is 0 Å². The number of hydrogen-bond donors (Lipinski definition) is 3. The lowest BCUT2D eigenvalue weighted by molar-refractivity contribution is -0.141. The first-order valence-electron chi connectivity index (χ1n) is 7.05. The largest absolute Gasteiger partial charge is 0.480 e. The van der Waals surface area contributed by atoms with E-state index >= 15 is 0 Å². The maximum atomic E-state index is 11.9. The number of aromatic nitrogens is 2. The molecule has 8 heteroatoms. The molecule has 1 aromatic carbocycles. The maximum absolute atomic E-state index is 11.9. The zero-order valence-electron chi connectivity index (χ0n) is 12.5. The van der Waals surface area contributed by atoms with E-state index in [1.54, 1.807) is 18.2 Å². The predicted molar refractivity (Wildman–Crippen MR) is 88.4 cm³/mol. The quantitative estimate of drug-likeness (QED) is 0.654. The van der Waals surface area contributed by atoms with Crippen molar-refractivity contribution in [3.05, 3.63) is 40.4 Å². The first-order chi connectivity index (χ1) is 11.0. The lowest BCUT2D eigenvalue weighted by Gasteiger charge is -2.08. The van der Waals surface area contributed by atoms with Gasteiger partial charge >= 0.3 is 5.97 Å². The van der Waals surface area contributed by atoms with Crippen molar-refractivity contribution in [2.75, 3.05) is 5.75 Å². The molecular weight excluding hydrogens is 318 g/mol. The summed E-state index contributed by atoms with van der Waals surface area (Å²) in [5.74, 6) is 0.158. The highest BCUT2D eigenvalue weighted by Crippen LogP contribution is 2.12. The summed E-state index contributed by atoms with van der Waals surface area (Å²) in [7, 11) is 0. The van der Waals surface area contributed by atoms with Gasteiger partial charge in [0, 0.05) is 12.2 Å². The fourth-order valence-electron chi connectivity index (χ4n) is 1.91. The van der Waals surface area contributed by atoms with E-state index in [2.05, 4.69) is 15.3 Å². The van der Waals surface area contributed by atoms with Crippen LogP contribution in [0.2, 0.25) is 0 Å². The van der Waals surface area contributed by atoms with E-state index in [0.717, 1.165) is 0 Å². The van der Waals surface area contributed by atoms with Crippen LogP contribution in [0.3, 0.4) is 0 Å². The molecule has 1 unspecified atom stereocenters. The van der Waals surface area contributed by atoms with Gasteiger partial charge in [-0.25, -0.2) is 4.98 Å². The van der Waals surface area contributed by atoms with Gasteiger partial charge in [0.05, 0.1) is 16.7 Å². The molecule has 1 amide bonds. The Bertz CT molecular complexity index is 775. The molecule has 23 heavy (non-hydrogen) atoms. The zero-order chi connectivity index (χ0) is 16.8. The number of benzene rings is 1. The molecule has 0 spiro atoms. The van der Waals surface area contributed by atoms with Crippen LogP contribution in [0, 0.1) is 0 Å². The molecule has 0 saturated heterocycles. The van der Waals surface area contributed by atoms with Gasteiger partial charge in [-0.3, -0.25) is 14.4 Å². The third-order valence-corrected chi connectivity index (χ3v) is 4.09. The molecule has 1 atom stereocenters. The standard InChI is InChI=1S/C15H17N3O4S/c1-9(15(21)22)16-13(19)6-7-23-8-12-17-11-5-3-2-4-10(11)14(20)18-12/h2-5,9H,6-8H2,1H3,(H,16,19)(H,21,22)(H,17,18,20). The zero-order valence-corrected chi connectivity index (χ0v) is 13.4. The summed E-state index contributed by atoms with van der Waals surface area (Å²) in [5.41, 5.74) is 0.458. The number of nitrogens with one attached hydrogen (secondary N) is 2. The average molecular weight is 335 g/mol. The minimum Gasteiger partial charge on any atom is -0.480 e. The van der Waals surface area contributed by atoms with Crippen LogP contribution in [0.1, 0.15) is 19.2 Å². The van der Waals surface area contributed by atoms with Crippen LogP contribution >= 0.6 is 11.8 Å². The summed E-state index contributed by atoms with van der Waals surface area (Å²) in [5, 5.41) is 11.6. The van der Waals surface area contributed by atoms with Gasteiger partial charge in [-0.2, -0.15) is 11.8 Å². The predicted octanol–water partition coefficient (Wildman–Crippen LogP) is 1.14. The minimum absolute atomic E-state index is 0.181. The minimum atomic E-state index is -1.07. The second-order valence-corrected chi connectivity index (χ2v) is 6.06. The Hall–Kier alpha value is -2.35. The molecule has 0 bridgehead atoms. The number of carboxylic acids is 1. The van der Waals surface area contributed by atoms with Crippen LogP contribution in [0.4, 0.5) is 0 Å². The average Bonchev–Trinajstić information content (AvgIpc) is 2.51. The summed E-state index contributed by atoms with van der Waals surface area (Å²) in [6.45, 7) is 1.41. The number of H-pyrrole nitrogens is 1. The SMILES string of the molecule is CC(NC(=O)CCSCc1nc2ccccc2c(=O)[nH]1)C(=O)O. The number of fused-ring (bicyclic) bond motifs is 1. The molecule has 2 aromatic rings. The highest BCUT2D eigenvalue weighted by molar-refractivity contribution is 7.98. The number of nitrogens with zero attached hydrogens (tertiary/aromatic N) is 1. The topological polar surface area (TPSA) is 112 Å². The smallest absolute Gasteiger partial charge is 0.325 e. The van der Waals surface area contributed by atoms with Gasteiger partial charge in [0.1, 0.15) is 11.9 Å². The van der Waals surface area contributed by atoms with E-state index in [9.17, 15) is 14.4 Å². The van der Waals surface area contributed by atoms with Gasteiger partial charge in [-0.05, 0) is 19.1 Å². The second kappa shape index (κ2) is 7.77. The third-order valence-electron chi connectivity index (χ3n) is 3.12.